The summed E-state index contributed by atoms with van der Waals surface area (Å²) in [6, 6.07) is 8.99. The molecule has 2 heterocycles. The first kappa shape index (κ1) is 15.7. The Bertz CT molecular complexity index is 592. The molecule has 3 atom stereocenters. The average molecular weight is 340 g/mol. The van der Waals surface area contributed by atoms with Crippen LogP contribution in [-0.2, 0) is 20.9 Å². The number of rotatable bonds is 4. The molecule has 0 spiro atoms. The highest BCUT2D eigenvalue weighted by Gasteiger charge is 2.63. The monoisotopic (exact) mass is 339 g/mol. The fourth-order valence-electron chi connectivity index (χ4n) is 3.02. The standard InChI is InChI=1S/C16H18ClNO3S/c1-16(2)12(18-13(19)11(8-17)14(18)22-16)15(20)21-9-10-6-4-3-5-7-10/h3-7,11-12,14H,8-9H2,1-2H3/t11-,12+,14-/m1/s1. The summed E-state index contributed by atoms with van der Waals surface area (Å²) < 4.78 is 5.07. The van der Waals surface area contributed by atoms with Gasteiger partial charge < -0.3 is 9.64 Å². The van der Waals surface area contributed by atoms with E-state index in [-0.39, 0.29) is 34.5 Å². The summed E-state index contributed by atoms with van der Waals surface area (Å²) in [6.07, 6.45) is 0. The quantitative estimate of drug-likeness (QED) is 0.480. The van der Waals surface area contributed by atoms with Gasteiger partial charge in [-0.25, -0.2) is 4.79 Å². The van der Waals surface area contributed by atoms with Gasteiger partial charge in [0.15, 0.2) is 0 Å². The lowest BCUT2D eigenvalue weighted by molar-refractivity contribution is -0.166. The van der Waals surface area contributed by atoms with Gasteiger partial charge in [0.05, 0.1) is 11.3 Å². The van der Waals surface area contributed by atoms with Crippen LogP contribution in [0, 0.1) is 5.92 Å². The van der Waals surface area contributed by atoms with Gasteiger partial charge in [-0.2, -0.15) is 0 Å². The van der Waals surface area contributed by atoms with Crippen LogP contribution in [0.5, 0.6) is 0 Å². The summed E-state index contributed by atoms with van der Waals surface area (Å²) in [5.74, 6) is -0.266. The van der Waals surface area contributed by atoms with Crippen molar-refractivity contribution in [3.63, 3.8) is 0 Å². The van der Waals surface area contributed by atoms with E-state index in [2.05, 4.69) is 0 Å². The summed E-state index contributed by atoms with van der Waals surface area (Å²) in [5.41, 5.74) is 0.935. The van der Waals surface area contributed by atoms with E-state index in [1.165, 1.54) is 0 Å². The van der Waals surface area contributed by atoms with Crippen LogP contribution < -0.4 is 0 Å². The molecule has 118 valence electrons. The molecule has 0 radical (unpaired) electrons. The first-order chi connectivity index (χ1) is 10.5. The number of hydrogen-bond donors (Lipinski definition) is 0. The minimum Gasteiger partial charge on any atom is -0.459 e. The molecule has 2 saturated heterocycles. The number of benzene rings is 1. The van der Waals surface area contributed by atoms with Crippen molar-refractivity contribution in [3.8, 4) is 0 Å². The van der Waals surface area contributed by atoms with Crippen LogP contribution in [0.15, 0.2) is 30.3 Å². The van der Waals surface area contributed by atoms with Gasteiger partial charge in [0, 0.05) is 10.6 Å². The third-order valence-electron chi connectivity index (χ3n) is 4.16. The number of alkyl halides is 1. The molecule has 2 aliphatic heterocycles. The minimum absolute atomic E-state index is 0.00530. The zero-order valence-corrected chi connectivity index (χ0v) is 14.1. The predicted octanol–water partition coefficient (Wildman–Crippen LogP) is 2.65. The average Bonchev–Trinajstić information content (AvgIpc) is 2.74. The van der Waals surface area contributed by atoms with Crippen molar-refractivity contribution in [2.75, 3.05) is 5.88 Å². The molecule has 3 rings (SSSR count). The van der Waals surface area contributed by atoms with E-state index >= 15 is 0 Å². The zero-order valence-electron chi connectivity index (χ0n) is 12.5. The predicted molar refractivity (Wildman–Crippen MR) is 86.5 cm³/mol. The maximum atomic E-state index is 12.5. The van der Waals surface area contributed by atoms with E-state index in [9.17, 15) is 9.59 Å². The normalized spacial score (nSPS) is 29.0. The Hall–Kier alpha value is -1.20. The van der Waals surface area contributed by atoms with E-state index in [0.29, 0.717) is 5.88 Å². The molecule has 4 nitrogen and oxygen atoms in total. The molecule has 22 heavy (non-hydrogen) atoms. The van der Waals surface area contributed by atoms with Gasteiger partial charge in [-0.3, -0.25) is 4.79 Å². The molecule has 0 N–H and O–H groups in total. The Morgan fingerprint density at radius 2 is 2.05 bits per heavy atom. The van der Waals surface area contributed by atoms with Gasteiger partial charge in [0.1, 0.15) is 12.6 Å². The maximum Gasteiger partial charge on any atom is 0.330 e. The Balaban J connectivity index is 1.70. The SMILES string of the molecule is CC1(C)S[C@@H]2[C@H](CCl)C(=O)N2[C@H]1C(=O)OCc1ccccc1. The van der Waals surface area contributed by atoms with E-state index < -0.39 is 6.04 Å². The molecule has 1 amide bonds. The van der Waals surface area contributed by atoms with Crippen molar-refractivity contribution in [1.29, 1.82) is 0 Å². The number of hydrogen-bond acceptors (Lipinski definition) is 4. The zero-order chi connectivity index (χ0) is 15.9. The first-order valence-corrected chi connectivity index (χ1v) is 8.63. The lowest BCUT2D eigenvalue weighted by Crippen LogP contribution is -2.63. The lowest BCUT2D eigenvalue weighted by atomic mass is 9.93. The van der Waals surface area contributed by atoms with Crippen LogP contribution in [0.4, 0.5) is 0 Å². The van der Waals surface area contributed by atoms with Crippen molar-refractivity contribution >= 4 is 35.2 Å². The van der Waals surface area contributed by atoms with Crippen LogP contribution >= 0.6 is 23.4 Å². The molecule has 0 saturated carbocycles. The highest BCUT2D eigenvalue weighted by molar-refractivity contribution is 8.01. The number of carbonyl (C=O) groups is 2. The maximum absolute atomic E-state index is 12.5. The van der Waals surface area contributed by atoms with E-state index in [0.717, 1.165) is 5.56 Å². The van der Waals surface area contributed by atoms with Gasteiger partial charge >= 0.3 is 5.97 Å². The second kappa shape index (κ2) is 5.78. The Kier molecular flexibility index (Phi) is 4.12. The van der Waals surface area contributed by atoms with Crippen LogP contribution in [0.2, 0.25) is 0 Å². The molecule has 2 aliphatic rings. The summed E-state index contributed by atoms with van der Waals surface area (Å²) in [5, 5.41) is -0.00530. The smallest absolute Gasteiger partial charge is 0.330 e. The number of thioether (sulfide) groups is 1. The number of halogens is 1. The number of β-lactam (4-membered cyclic amide) rings is 1. The van der Waals surface area contributed by atoms with E-state index in [4.69, 9.17) is 16.3 Å². The van der Waals surface area contributed by atoms with Crippen molar-refractivity contribution in [2.24, 2.45) is 5.92 Å². The molecular weight excluding hydrogens is 322 g/mol. The molecule has 1 aromatic carbocycles. The van der Waals surface area contributed by atoms with Gasteiger partial charge in [-0.1, -0.05) is 30.3 Å². The van der Waals surface area contributed by atoms with Crippen LogP contribution in [0.3, 0.4) is 0 Å². The molecule has 1 aromatic rings. The summed E-state index contributed by atoms with van der Waals surface area (Å²) in [6.45, 7) is 4.18. The van der Waals surface area contributed by atoms with Crippen molar-refractivity contribution in [3.05, 3.63) is 35.9 Å². The molecule has 6 heteroatoms. The van der Waals surface area contributed by atoms with E-state index in [1.54, 1.807) is 16.7 Å². The van der Waals surface area contributed by atoms with Gasteiger partial charge in [0.2, 0.25) is 5.91 Å². The fourth-order valence-corrected chi connectivity index (χ4v) is 5.11. The number of fused-ring (bicyclic) bond motifs is 1. The highest BCUT2D eigenvalue weighted by Crippen LogP contribution is 2.53. The third-order valence-corrected chi connectivity index (χ3v) is 6.13. The van der Waals surface area contributed by atoms with Crippen LogP contribution in [0.25, 0.3) is 0 Å². The Morgan fingerprint density at radius 3 is 2.68 bits per heavy atom. The van der Waals surface area contributed by atoms with E-state index in [1.807, 2.05) is 44.2 Å². The largest absolute Gasteiger partial charge is 0.459 e. The van der Waals surface area contributed by atoms with Crippen molar-refractivity contribution in [2.45, 2.75) is 36.6 Å². The Labute approximate surface area is 139 Å². The molecular formula is C16H18ClNO3S. The molecule has 2 fully saturated rings. The summed E-state index contributed by atoms with van der Waals surface area (Å²) in [4.78, 5) is 26.3. The summed E-state index contributed by atoms with van der Waals surface area (Å²) in [7, 11) is 0. The summed E-state index contributed by atoms with van der Waals surface area (Å²) >= 11 is 7.48. The topological polar surface area (TPSA) is 46.6 Å². The number of ether oxygens (including phenoxy) is 1. The third kappa shape index (κ3) is 2.50. The van der Waals surface area contributed by atoms with Gasteiger partial charge in [-0.15, -0.1) is 23.4 Å². The molecule has 0 aliphatic carbocycles. The number of nitrogens with zero attached hydrogens (tertiary/aromatic N) is 1. The van der Waals surface area contributed by atoms with Crippen LogP contribution in [0.1, 0.15) is 19.4 Å². The minimum atomic E-state index is -0.543. The lowest BCUT2D eigenvalue weighted by Gasteiger charge is -2.43. The molecule has 0 aromatic heterocycles. The number of esters is 1. The van der Waals surface area contributed by atoms with Crippen LogP contribution in [-0.4, -0.2) is 38.8 Å². The second-order valence-corrected chi connectivity index (χ2v) is 8.19. The first-order valence-electron chi connectivity index (χ1n) is 7.22. The second-order valence-electron chi connectivity index (χ2n) is 6.11. The molecule has 0 bridgehead atoms. The fraction of sp³-hybridized carbons (Fsp3) is 0.500. The van der Waals surface area contributed by atoms with Crippen molar-refractivity contribution in [1.82, 2.24) is 4.90 Å². The number of carbonyl (C=O) groups excluding carboxylic acids is 2. The highest BCUT2D eigenvalue weighted by atomic mass is 35.5. The van der Waals surface area contributed by atoms with Crippen molar-refractivity contribution < 1.29 is 14.3 Å². The Morgan fingerprint density at radius 1 is 1.36 bits per heavy atom. The molecule has 0 unspecified atom stereocenters. The number of amides is 1. The van der Waals surface area contributed by atoms with Gasteiger partial charge in [-0.05, 0) is 19.4 Å². The van der Waals surface area contributed by atoms with Gasteiger partial charge in [0.25, 0.3) is 0 Å².